The van der Waals surface area contributed by atoms with E-state index < -0.39 is 0 Å². The van der Waals surface area contributed by atoms with E-state index in [9.17, 15) is 0 Å². The van der Waals surface area contributed by atoms with Crippen LogP contribution in [0.3, 0.4) is 0 Å². The Hall–Kier alpha value is -2.40. The SMILES string of the molecule is Cc1cc2c(cc1/C=N/NC(=S)Nc1ccccc1)[C@H](C)CC(C)(C)N2C. The zero-order valence-corrected chi connectivity index (χ0v) is 17.5. The third-order valence-electron chi connectivity index (χ3n) is 5.42. The quantitative estimate of drug-likeness (QED) is 0.445. The van der Waals surface area contributed by atoms with Crippen molar-refractivity contribution >= 4 is 34.9 Å². The van der Waals surface area contributed by atoms with E-state index in [-0.39, 0.29) is 5.54 Å². The molecule has 0 unspecified atom stereocenters. The maximum Gasteiger partial charge on any atom is 0.191 e. The van der Waals surface area contributed by atoms with Gasteiger partial charge in [-0.25, -0.2) is 0 Å². The molecule has 0 aliphatic carbocycles. The molecule has 0 spiro atoms. The van der Waals surface area contributed by atoms with Gasteiger partial charge in [0.25, 0.3) is 0 Å². The van der Waals surface area contributed by atoms with E-state index in [2.05, 4.69) is 67.6 Å². The number of anilines is 2. The van der Waals surface area contributed by atoms with E-state index >= 15 is 0 Å². The summed E-state index contributed by atoms with van der Waals surface area (Å²) in [6.07, 6.45) is 2.99. The molecule has 2 aromatic rings. The van der Waals surface area contributed by atoms with Crippen LogP contribution in [0.2, 0.25) is 0 Å². The van der Waals surface area contributed by atoms with Gasteiger partial charge in [-0.1, -0.05) is 25.1 Å². The normalized spacial score (nSPS) is 18.3. The Morgan fingerprint density at radius 3 is 2.67 bits per heavy atom. The van der Waals surface area contributed by atoms with Crippen LogP contribution in [0.5, 0.6) is 0 Å². The molecular weight excluding hydrogens is 352 g/mol. The van der Waals surface area contributed by atoms with Crippen LogP contribution in [0.4, 0.5) is 11.4 Å². The van der Waals surface area contributed by atoms with Crippen LogP contribution in [0.1, 0.15) is 49.8 Å². The molecule has 2 aromatic carbocycles. The Kier molecular flexibility index (Phi) is 5.51. The lowest BCUT2D eigenvalue weighted by atomic mass is 9.79. The summed E-state index contributed by atoms with van der Waals surface area (Å²) in [5, 5.41) is 7.92. The molecule has 0 fully saturated rings. The third-order valence-corrected chi connectivity index (χ3v) is 5.62. The summed E-state index contributed by atoms with van der Waals surface area (Å²) in [4.78, 5) is 2.40. The number of hydrogen-bond acceptors (Lipinski definition) is 3. The minimum atomic E-state index is 0.172. The predicted octanol–water partition coefficient (Wildman–Crippen LogP) is 5.04. The smallest absolute Gasteiger partial charge is 0.191 e. The van der Waals surface area contributed by atoms with Crippen molar-refractivity contribution in [3.63, 3.8) is 0 Å². The molecule has 0 amide bonds. The Balaban J connectivity index is 1.73. The topological polar surface area (TPSA) is 39.7 Å². The number of nitrogens with zero attached hydrogens (tertiary/aromatic N) is 2. The molecule has 142 valence electrons. The number of benzene rings is 2. The van der Waals surface area contributed by atoms with Crippen LogP contribution >= 0.6 is 12.2 Å². The summed E-state index contributed by atoms with van der Waals surface area (Å²) in [6, 6.07) is 14.4. The fourth-order valence-electron chi connectivity index (χ4n) is 3.71. The molecule has 2 N–H and O–H groups in total. The van der Waals surface area contributed by atoms with E-state index in [1.807, 2.05) is 36.5 Å². The van der Waals surface area contributed by atoms with Crippen LogP contribution in [0.15, 0.2) is 47.6 Å². The van der Waals surface area contributed by atoms with E-state index in [1.54, 1.807) is 0 Å². The van der Waals surface area contributed by atoms with Crippen molar-refractivity contribution < 1.29 is 0 Å². The first-order valence-corrected chi connectivity index (χ1v) is 9.72. The first-order chi connectivity index (χ1) is 12.8. The second-order valence-corrected chi connectivity index (χ2v) is 8.34. The van der Waals surface area contributed by atoms with Crippen LogP contribution < -0.4 is 15.6 Å². The van der Waals surface area contributed by atoms with Gasteiger partial charge < -0.3 is 10.2 Å². The Labute approximate surface area is 167 Å². The predicted molar refractivity (Wildman–Crippen MR) is 120 cm³/mol. The number of fused-ring (bicyclic) bond motifs is 1. The van der Waals surface area contributed by atoms with Gasteiger partial charge in [-0.2, -0.15) is 5.10 Å². The van der Waals surface area contributed by atoms with Crippen molar-refractivity contribution in [1.29, 1.82) is 0 Å². The number of hydrogen-bond donors (Lipinski definition) is 2. The summed E-state index contributed by atoms with van der Waals surface area (Å²) in [5.41, 5.74) is 9.04. The molecule has 0 aromatic heterocycles. The monoisotopic (exact) mass is 380 g/mol. The lowest BCUT2D eigenvalue weighted by Gasteiger charge is -2.45. The fourth-order valence-corrected chi connectivity index (χ4v) is 3.89. The largest absolute Gasteiger partial charge is 0.369 e. The second-order valence-electron chi connectivity index (χ2n) is 7.93. The number of nitrogens with one attached hydrogen (secondary N) is 2. The van der Waals surface area contributed by atoms with E-state index in [4.69, 9.17) is 12.2 Å². The van der Waals surface area contributed by atoms with Crippen molar-refractivity contribution in [3.8, 4) is 0 Å². The van der Waals surface area contributed by atoms with Crippen molar-refractivity contribution in [3.05, 3.63) is 59.2 Å². The molecule has 0 saturated carbocycles. The van der Waals surface area contributed by atoms with Crippen LogP contribution in [-0.4, -0.2) is 23.9 Å². The van der Waals surface area contributed by atoms with Crippen LogP contribution in [-0.2, 0) is 0 Å². The van der Waals surface area contributed by atoms with Gasteiger partial charge in [0, 0.05) is 24.0 Å². The number of rotatable bonds is 3. The molecular formula is C22H28N4S. The minimum absolute atomic E-state index is 0.172. The van der Waals surface area contributed by atoms with Gasteiger partial charge >= 0.3 is 0 Å². The standard InChI is InChI=1S/C22H28N4S/c1-15-11-20-19(16(2)13-22(3,4)26(20)5)12-17(15)14-23-25-21(27)24-18-9-7-6-8-10-18/h6-12,14,16H,13H2,1-5H3,(H2,24,25,27)/b23-14+/t16-/m1/s1. The minimum Gasteiger partial charge on any atom is -0.369 e. The average Bonchev–Trinajstić information content (AvgIpc) is 2.61. The number of thiocarbonyl (C=S) groups is 1. The summed E-state index contributed by atoms with van der Waals surface area (Å²) in [6.45, 7) is 9.05. The molecule has 1 heterocycles. The summed E-state index contributed by atoms with van der Waals surface area (Å²) >= 11 is 5.30. The van der Waals surface area contributed by atoms with Crippen molar-refractivity contribution in [2.75, 3.05) is 17.3 Å². The van der Waals surface area contributed by atoms with Gasteiger partial charge in [0.2, 0.25) is 0 Å². The lowest BCUT2D eigenvalue weighted by Crippen LogP contribution is -2.45. The number of para-hydroxylation sites is 1. The van der Waals surface area contributed by atoms with Crippen molar-refractivity contribution in [2.24, 2.45) is 5.10 Å². The van der Waals surface area contributed by atoms with E-state index in [1.165, 1.54) is 16.8 Å². The van der Waals surface area contributed by atoms with E-state index in [0.717, 1.165) is 17.7 Å². The molecule has 0 saturated heterocycles. The molecule has 1 aliphatic heterocycles. The molecule has 3 rings (SSSR count). The zero-order chi connectivity index (χ0) is 19.6. The van der Waals surface area contributed by atoms with Gasteiger partial charge in [0.15, 0.2) is 5.11 Å². The van der Waals surface area contributed by atoms with Gasteiger partial charge in [0.1, 0.15) is 0 Å². The van der Waals surface area contributed by atoms with Gasteiger partial charge in [-0.3, -0.25) is 5.43 Å². The molecule has 1 aliphatic rings. The van der Waals surface area contributed by atoms with Crippen molar-refractivity contribution in [1.82, 2.24) is 5.43 Å². The Morgan fingerprint density at radius 1 is 1.26 bits per heavy atom. The maximum atomic E-state index is 5.30. The summed E-state index contributed by atoms with van der Waals surface area (Å²) in [7, 11) is 2.19. The average molecular weight is 381 g/mol. The van der Waals surface area contributed by atoms with Crippen LogP contribution in [0, 0.1) is 6.92 Å². The van der Waals surface area contributed by atoms with Crippen molar-refractivity contribution in [2.45, 2.75) is 45.6 Å². The molecule has 4 nitrogen and oxygen atoms in total. The highest BCUT2D eigenvalue weighted by Crippen LogP contribution is 2.43. The van der Waals surface area contributed by atoms with Gasteiger partial charge in [0.05, 0.1) is 6.21 Å². The molecule has 5 heteroatoms. The third kappa shape index (κ3) is 4.30. The number of aryl methyl sites for hydroxylation is 1. The first kappa shape index (κ1) is 19.4. The highest BCUT2D eigenvalue weighted by molar-refractivity contribution is 7.80. The fraction of sp³-hybridized carbons (Fsp3) is 0.364. The second kappa shape index (κ2) is 7.69. The highest BCUT2D eigenvalue weighted by Gasteiger charge is 2.34. The van der Waals surface area contributed by atoms with Gasteiger partial charge in [-0.05, 0) is 86.3 Å². The van der Waals surface area contributed by atoms with E-state index in [0.29, 0.717) is 11.0 Å². The Morgan fingerprint density at radius 2 is 1.96 bits per heavy atom. The zero-order valence-electron chi connectivity index (χ0n) is 16.7. The highest BCUT2D eigenvalue weighted by atomic mass is 32.1. The molecule has 0 radical (unpaired) electrons. The number of hydrazone groups is 1. The molecule has 1 atom stereocenters. The van der Waals surface area contributed by atoms with Crippen LogP contribution in [0.25, 0.3) is 0 Å². The maximum absolute atomic E-state index is 5.30. The first-order valence-electron chi connectivity index (χ1n) is 9.31. The van der Waals surface area contributed by atoms with Gasteiger partial charge in [-0.15, -0.1) is 0 Å². The summed E-state index contributed by atoms with van der Waals surface area (Å²) in [5.74, 6) is 0.521. The molecule has 27 heavy (non-hydrogen) atoms. The summed E-state index contributed by atoms with van der Waals surface area (Å²) < 4.78 is 0. The lowest BCUT2D eigenvalue weighted by molar-refractivity contribution is 0.395. The molecule has 0 bridgehead atoms. The Bertz CT molecular complexity index is 858.